The van der Waals surface area contributed by atoms with Crippen molar-refractivity contribution < 1.29 is 9.53 Å². The maximum atomic E-state index is 12.6. The summed E-state index contributed by atoms with van der Waals surface area (Å²) in [7, 11) is 3.67. The van der Waals surface area contributed by atoms with Crippen molar-refractivity contribution in [3.8, 4) is 5.75 Å². The normalized spacial score (nSPS) is 11.0. The maximum absolute atomic E-state index is 12.6. The van der Waals surface area contributed by atoms with Gasteiger partial charge >= 0.3 is 0 Å². The molecule has 0 radical (unpaired) electrons. The zero-order valence-electron chi connectivity index (χ0n) is 13.7. The minimum absolute atomic E-state index is 0.00899. The van der Waals surface area contributed by atoms with E-state index in [1.165, 1.54) is 11.3 Å². The highest BCUT2D eigenvalue weighted by Gasteiger charge is 2.18. The fourth-order valence-corrected chi connectivity index (χ4v) is 3.76. The van der Waals surface area contributed by atoms with Gasteiger partial charge in [0.05, 0.1) is 17.1 Å². The SMILES string of the molecule is Cc1nn(C)c2sc(C(=O)N(C)CCOc3cccc(Cl)c3)cc12. The molecule has 3 rings (SSSR count). The predicted octanol–water partition coefficient (Wildman–Crippen LogP) is 3.75. The van der Waals surface area contributed by atoms with Gasteiger partial charge < -0.3 is 9.64 Å². The third-order valence-electron chi connectivity index (χ3n) is 3.75. The number of amides is 1. The van der Waals surface area contributed by atoms with Crippen molar-refractivity contribution in [2.24, 2.45) is 7.05 Å². The lowest BCUT2D eigenvalue weighted by Gasteiger charge is -2.16. The number of hydrogen-bond donors (Lipinski definition) is 0. The molecule has 126 valence electrons. The van der Waals surface area contributed by atoms with Gasteiger partial charge in [-0.05, 0) is 31.2 Å². The molecule has 1 aromatic carbocycles. The number of halogens is 1. The Bertz CT molecular complexity index is 853. The Hall–Kier alpha value is -2.05. The number of carbonyl (C=O) groups excluding carboxylic acids is 1. The quantitative estimate of drug-likeness (QED) is 0.693. The van der Waals surface area contributed by atoms with E-state index in [4.69, 9.17) is 16.3 Å². The molecule has 0 saturated heterocycles. The molecular formula is C17H18ClN3O2S. The van der Waals surface area contributed by atoms with Gasteiger partial charge in [-0.1, -0.05) is 17.7 Å². The average Bonchev–Trinajstić information content (AvgIpc) is 3.09. The predicted molar refractivity (Wildman–Crippen MR) is 97.2 cm³/mol. The van der Waals surface area contributed by atoms with Crippen molar-refractivity contribution in [2.75, 3.05) is 20.2 Å². The number of thiophene rings is 1. The monoisotopic (exact) mass is 363 g/mol. The van der Waals surface area contributed by atoms with Crippen LogP contribution in [0.2, 0.25) is 5.02 Å². The van der Waals surface area contributed by atoms with Crippen molar-refractivity contribution in [2.45, 2.75) is 6.92 Å². The second-order valence-corrected chi connectivity index (χ2v) is 7.04. The number of carbonyl (C=O) groups is 1. The van der Waals surface area contributed by atoms with Crippen molar-refractivity contribution in [3.05, 3.63) is 45.9 Å². The van der Waals surface area contributed by atoms with Crippen molar-refractivity contribution >= 4 is 39.1 Å². The zero-order chi connectivity index (χ0) is 17.3. The minimum Gasteiger partial charge on any atom is -0.492 e. The number of rotatable bonds is 5. The number of benzene rings is 1. The summed E-state index contributed by atoms with van der Waals surface area (Å²) in [6, 6.07) is 9.14. The molecule has 3 aromatic rings. The number of fused-ring (bicyclic) bond motifs is 1. The molecule has 24 heavy (non-hydrogen) atoms. The number of nitrogens with zero attached hydrogens (tertiary/aromatic N) is 3. The zero-order valence-corrected chi connectivity index (χ0v) is 15.3. The fraction of sp³-hybridized carbons (Fsp3) is 0.294. The Morgan fingerprint density at radius 1 is 1.42 bits per heavy atom. The highest BCUT2D eigenvalue weighted by atomic mass is 35.5. The van der Waals surface area contributed by atoms with E-state index in [2.05, 4.69) is 5.10 Å². The number of aromatic nitrogens is 2. The van der Waals surface area contributed by atoms with Gasteiger partial charge in [0.1, 0.15) is 17.2 Å². The summed E-state index contributed by atoms with van der Waals surface area (Å²) in [4.78, 5) is 16.0. The van der Waals surface area contributed by atoms with Gasteiger partial charge in [0, 0.05) is 24.5 Å². The van der Waals surface area contributed by atoms with Crippen LogP contribution in [0, 0.1) is 6.92 Å². The molecule has 0 unspecified atom stereocenters. The molecule has 0 atom stereocenters. The summed E-state index contributed by atoms with van der Waals surface area (Å²) in [5.74, 6) is 0.692. The van der Waals surface area contributed by atoms with Crippen LogP contribution in [-0.2, 0) is 7.05 Å². The Labute approximate surface area is 149 Å². The van der Waals surface area contributed by atoms with E-state index in [1.54, 1.807) is 24.1 Å². The van der Waals surface area contributed by atoms with Crippen LogP contribution in [-0.4, -0.2) is 40.8 Å². The van der Waals surface area contributed by atoms with Gasteiger partial charge in [-0.25, -0.2) is 0 Å². The van der Waals surface area contributed by atoms with Crippen LogP contribution in [0.4, 0.5) is 0 Å². The first-order chi connectivity index (χ1) is 11.5. The molecule has 0 fully saturated rings. The highest BCUT2D eigenvalue weighted by Crippen LogP contribution is 2.28. The van der Waals surface area contributed by atoms with Crippen LogP contribution in [0.15, 0.2) is 30.3 Å². The summed E-state index contributed by atoms with van der Waals surface area (Å²) in [6.45, 7) is 2.86. The van der Waals surface area contributed by atoms with Gasteiger partial charge in [0.15, 0.2) is 0 Å². The van der Waals surface area contributed by atoms with Crippen molar-refractivity contribution in [3.63, 3.8) is 0 Å². The summed E-state index contributed by atoms with van der Waals surface area (Å²) < 4.78 is 7.45. The van der Waals surface area contributed by atoms with Crippen molar-refractivity contribution in [1.29, 1.82) is 0 Å². The van der Waals surface area contributed by atoms with E-state index in [-0.39, 0.29) is 5.91 Å². The molecule has 1 amide bonds. The van der Waals surface area contributed by atoms with Crippen LogP contribution < -0.4 is 4.74 Å². The Morgan fingerprint density at radius 3 is 2.92 bits per heavy atom. The summed E-state index contributed by atoms with van der Waals surface area (Å²) in [5.41, 5.74) is 0.940. The van der Waals surface area contributed by atoms with Crippen LogP contribution in [0.5, 0.6) is 5.75 Å². The average molecular weight is 364 g/mol. The maximum Gasteiger partial charge on any atom is 0.263 e. The highest BCUT2D eigenvalue weighted by molar-refractivity contribution is 7.20. The van der Waals surface area contributed by atoms with E-state index in [0.29, 0.717) is 28.8 Å². The van der Waals surface area contributed by atoms with Crippen LogP contribution >= 0.6 is 22.9 Å². The molecule has 0 aliphatic rings. The number of aryl methyl sites for hydroxylation is 2. The van der Waals surface area contributed by atoms with Crippen LogP contribution in [0.1, 0.15) is 15.4 Å². The minimum atomic E-state index is -0.00899. The van der Waals surface area contributed by atoms with Gasteiger partial charge in [-0.2, -0.15) is 5.10 Å². The lowest BCUT2D eigenvalue weighted by atomic mass is 10.3. The first kappa shape index (κ1) is 16.8. The fourth-order valence-electron chi connectivity index (χ4n) is 2.46. The molecule has 7 heteroatoms. The van der Waals surface area contributed by atoms with E-state index in [9.17, 15) is 4.79 Å². The molecule has 0 N–H and O–H groups in total. The standard InChI is InChI=1S/C17H18ClN3O2S/c1-11-14-10-15(24-17(14)21(3)19-11)16(22)20(2)7-8-23-13-6-4-5-12(18)9-13/h4-6,9-10H,7-8H2,1-3H3. The third-order valence-corrected chi connectivity index (χ3v) is 5.17. The second kappa shape index (κ2) is 6.83. The lowest BCUT2D eigenvalue weighted by Crippen LogP contribution is -2.30. The number of ether oxygens (including phenoxy) is 1. The first-order valence-electron chi connectivity index (χ1n) is 7.52. The molecule has 2 heterocycles. The molecule has 0 spiro atoms. The van der Waals surface area contributed by atoms with E-state index in [1.807, 2.05) is 36.9 Å². The number of likely N-dealkylation sites (N-methyl/N-ethyl adjacent to an activating group) is 1. The van der Waals surface area contributed by atoms with E-state index >= 15 is 0 Å². The van der Waals surface area contributed by atoms with E-state index < -0.39 is 0 Å². The first-order valence-corrected chi connectivity index (χ1v) is 8.72. The van der Waals surface area contributed by atoms with Gasteiger partial charge in [0.25, 0.3) is 5.91 Å². The molecule has 0 aliphatic carbocycles. The second-order valence-electron chi connectivity index (χ2n) is 5.57. The summed E-state index contributed by atoms with van der Waals surface area (Å²) >= 11 is 7.38. The Morgan fingerprint density at radius 2 is 2.21 bits per heavy atom. The smallest absolute Gasteiger partial charge is 0.263 e. The summed E-state index contributed by atoms with van der Waals surface area (Å²) in [5, 5.41) is 6.02. The molecule has 0 saturated carbocycles. The Balaban J connectivity index is 1.62. The molecule has 2 aromatic heterocycles. The van der Waals surface area contributed by atoms with Crippen LogP contribution in [0.3, 0.4) is 0 Å². The molecule has 0 aliphatic heterocycles. The molecule has 5 nitrogen and oxygen atoms in total. The molecule has 0 bridgehead atoms. The topological polar surface area (TPSA) is 47.4 Å². The van der Waals surface area contributed by atoms with Gasteiger partial charge in [0.2, 0.25) is 0 Å². The van der Waals surface area contributed by atoms with Crippen molar-refractivity contribution in [1.82, 2.24) is 14.7 Å². The lowest BCUT2D eigenvalue weighted by molar-refractivity contribution is 0.0778. The van der Waals surface area contributed by atoms with E-state index in [0.717, 1.165) is 15.9 Å². The third kappa shape index (κ3) is 3.39. The largest absolute Gasteiger partial charge is 0.492 e. The summed E-state index contributed by atoms with van der Waals surface area (Å²) in [6.07, 6.45) is 0. The van der Waals surface area contributed by atoms with Crippen LogP contribution in [0.25, 0.3) is 10.2 Å². The van der Waals surface area contributed by atoms with Gasteiger partial charge in [-0.3, -0.25) is 9.48 Å². The van der Waals surface area contributed by atoms with Gasteiger partial charge in [-0.15, -0.1) is 11.3 Å². The number of hydrogen-bond acceptors (Lipinski definition) is 4. The molecular weight excluding hydrogens is 346 g/mol. The Kier molecular flexibility index (Phi) is 4.78.